The van der Waals surface area contributed by atoms with Crippen molar-refractivity contribution < 1.29 is 19.2 Å². The van der Waals surface area contributed by atoms with E-state index in [9.17, 15) is 14.9 Å². The molecule has 0 unspecified atom stereocenters. The molecular formula is C14H9N3O5. The molecule has 22 heavy (non-hydrogen) atoms. The molecule has 110 valence electrons. The van der Waals surface area contributed by atoms with Crippen LogP contribution in [0.3, 0.4) is 0 Å². The van der Waals surface area contributed by atoms with Gasteiger partial charge in [0.05, 0.1) is 16.9 Å². The highest BCUT2D eigenvalue weighted by Gasteiger charge is 2.18. The van der Waals surface area contributed by atoms with Crippen LogP contribution >= 0.6 is 0 Å². The van der Waals surface area contributed by atoms with Crippen LogP contribution in [0.15, 0.2) is 53.1 Å². The van der Waals surface area contributed by atoms with Gasteiger partial charge in [-0.2, -0.15) is 5.10 Å². The molecule has 0 spiro atoms. The van der Waals surface area contributed by atoms with Crippen LogP contribution in [0, 0.1) is 10.1 Å². The summed E-state index contributed by atoms with van der Waals surface area (Å²) in [5.74, 6) is -0.730. The number of carbonyl (C=O) groups is 1. The average Bonchev–Trinajstić information content (AvgIpc) is 3.16. The molecule has 3 aromatic rings. The fourth-order valence-electron chi connectivity index (χ4n) is 2.00. The number of furan rings is 1. The van der Waals surface area contributed by atoms with E-state index in [0.717, 1.165) is 0 Å². The van der Waals surface area contributed by atoms with E-state index in [1.165, 1.54) is 41.3 Å². The van der Waals surface area contributed by atoms with Crippen molar-refractivity contribution in [3.8, 4) is 17.1 Å². The average molecular weight is 299 g/mol. The summed E-state index contributed by atoms with van der Waals surface area (Å²) in [6.45, 7) is 0. The molecule has 8 nitrogen and oxygen atoms in total. The number of nitro benzene ring substituents is 1. The highest BCUT2D eigenvalue weighted by atomic mass is 16.6. The van der Waals surface area contributed by atoms with Gasteiger partial charge in [-0.15, -0.1) is 0 Å². The van der Waals surface area contributed by atoms with Gasteiger partial charge in [0.2, 0.25) is 0 Å². The molecule has 2 heterocycles. The fourth-order valence-corrected chi connectivity index (χ4v) is 2.00. The van der Waals surface area contributed by atoms with E-state index in [1.54, 1.807) is 12.1 Å². The Balaban J connectivity index is 2.12. The van der Waals surface area contributed by atoms with Crippen molar-refractivity contribution in [2.45, 2.75) is 0 Å². The van der Waals surface area contributed by atoms with Gasteiger partial charge in [-0.3, -0.25) is 10.1 Å². The molecule has 0 aliphatic heterocycles. The Morgan fingerprint density at radius 3 is 2.55 bits per heavy atom. The number of rotatable bonds is 4. The van der Waals surface area contributed by atoms with E-state index < -0.39 is 10.9 Å². The lowest BCUT2D eigenvalue weighted by molar-refractivity contribution is -0.384. The third kappa shape index (κ3) is 2.33. The summed E-state index contributed by atoms with van der Waals surface area (Å²) < 4.78 is 6.64. The molecule has 1 aromatic carbocycles. The maximum atomic E-state index is 11.1. The number of non-ortho nitro benzene ring substituents is 1. The zero-order chi connectivity index (χ0) is 15.7. The van der Waals surface area contributed by atoms with Gasteiger partial charge in [0.15, 0.2) is 11.5 Å². The van der Waals surface area contributed by atoms with Crippen molar-refractivity contribution in [2.75, 3.05) is 0 Å². The lowest BCUT2D eigenvalue weighted by Gasteiger charge is -2.05. The molecule has 3 rings (SSSR count). The van der Waals surface area contributed by atoms with Crippen molar-refractivity contribution in [3.63, 3.8) is 0 Å². The molecule has 8 heteroatoms. The Bertz CT molecular complexity index is 834. The Labute approximate surface area is 123 Å². The van der Waals surface area contributed by atoms with E-state index in [0.29, 0.717) is 17.1 Å². The number of hydrogen-bond donors (Lipinski definition) is 1. The number of hydrogen-bond acceptors (Lipinski definition) is 5. The summed E-state index contributed by atoms with van der Waals surface area (Å²) in [4.78, 5) is 21.3. The minimum Gasteiger partial charge on any atom is -0.476 e. The molecule has 0 atom stereocenters. The summed E-state index contributed by atoms with van der Waals surface area (Å²) >= 11 is 0. The highest BCUT2D eigenvalue weighted by Crippen LogP contribution is 2.25. The van der Waals surface area contributed by atoms with E-state index in [-0.39, 0.29) is 11.4 Å². The second-order valence-electron chi connectivity index (χ2n) is 4.38. The number of nitro groups is 1. The molecule has 0 amide bonds. The van der Waals surface area contributed by atoms with Crippen molar-refractivity contribution in [1.29, 1.82) is 0 Å². The first kappa shape index (κ1) is 13.6. The van der Waals surface area contributed by atoms with Gasteiger partial charge >= 0.3 is 5.97 Å². The normalized spacial score (nSPS) is 10.5. The van der Waals surface area contributed by atoms with Gasteiger partial charge in [-0.05, 0) is 24.3 Å². The number of benzene rings is 1. The van der Waals surface area contributed by atoms with Crippen LogP contribution in [0.4, 0.5) is 5.69 Å². The third-order valence-electron chi connectivity index (χ3n) is 3.01. The maximum absolute atomic E-state index is 11.1. The van der Waals surface area contributed by atoms with Crippen molar-refractivity contribution in [1.82, 2.24) is 9.78 Å². The van der Waals surface area contributed by atoms with E-state index in [2.05, 4.69) is 5.10 Å². The smallest absolute Gasteiger partial charge is 0.356 e. The molecular weight excluding hydrogens is 290 g/mol. The molecule has 1 N–H and O–H groups in total. The molecule has 0 saturated carbocycles. The van der Waals surface area contributed by atoms with Gasteiger partial charge < -0.3 is 9.52 Å². The standard InChI is InChI=1S/C14H9N3O5/c18-14(19)11-8-12(13-2-1-7-22-13)16(15-11)9-3-5-10(6-4-9)17(20)21/h1-8H,(H,18,19). The second-order valence-corrected chi connectivity index (χ2v) is 4.38. The van der Waals surface area contributed by atoms with Gasteiger partial charge in [-0.25, -0.2) is 9.48 Å². The van der Waals surface area contributed by atoms with Crippen molar-refractivity contribution in [2.24, 2.45) is 0 Å². The number of aromatic nitrogens is 2. The zero-order valence-corrected chi connectivity index (χ0v) is 11.0. The quantitative estimate of drug-likeness (QED) is 0.585. The zero-order valence-electron chi connectivity index (χ0n) is 11.0. The lowest BCUT2D eigenvalue weighted by Crippen LogP contribution is -2.02. The molecule has 0 saturated heterocycles. The first-order chi connectivity index (χ1) is 10.6. The first-order valence-electron chi connectivity index (χ1n) is 6.18. The van der Waals surface area contributed by atoms with Crippen LogP contribution in [0.25, 0.3) is 17.1 Å². The van der Waals surface area contributed by atoms with Gasteiger partial charge in [0.25, 0.3) is 5.69 Å². The van der Waals surface area contributed by atoms with Gasteiger partial charge in [-0.1, -0.05) is 0 Å². The molecule has 0 radical (unpaired) electrons. The maximum Gasteiger partial charge on any atom is 0.356 e. The summed E-state index contributed by atoms with van der Waals surface area (Å²) in [6.07, 6.45) is 1.46. The highest BCUT2D eigenvalue weighted by molar-refractivity contribution is 5.87. The van der Waals surface area contributed by atoms with Crippen LogP contribution in [0.1, 0.15) is 10.5 Å². The molecule has 0 bridgehead atoms. The Morgan fingerprint density at radius 2 is 2.00 bits per heavy atom. The predicted molar refractivity (Wildman–Crippen MR) is 74.9 cm³/mol. The van der Waals surface area contributed by atoms with E-state index in [1.807, 2.05) is 0 Å². The topological polar surface area (TPSA) is 111 Å². The largest absolute Gasteiger partial charge is 0.476 e. The van der Waals surface area contributed by atoms with E-state index >= 15 is 0 Å². The molecule has 0 aliphatic rings. The van der Waals surface area contributed by atoms with Crippen LogP contribution < -0.4 is 0 Å². The first-order valence-corrected chi connectivity index (χ1v) is 6.18. The van der Waals surface area contributed by atoms with Crippen molar-refractivity contribution >= 4 is 11.7 Å². The lowest BCUT2D eigenvalue weighted by atomic mass is 10.2. The van der Waals surface area contributed by atoms with Crippen LogP contribution in [0.5, 0.6) is 0 Å². The Hall–Kier alpha value is -3.42. The molecule has 0 fully saturated rings. The number of carboxylic acids is 1. The summed E-state index contributed by atoms with van der Waals surface area (Å²) in [5.41, 5.74) is 0.722. The molecule has 2 aromatic heterocycles. The second kappa shape index (κ2) is 5.17. The van der Waals surface area contributed by atoms with Gasteiger partial charge in [0, 0.05) is 18.2 Å². The number of aromatic carboxylic acids is 1. The van der Waals surface area contributed by atoms with Crippen molar-refractivity contribution in [3.05, 3.63) is 64.5 Å². The van der Waals surface area contributed by atoms with Crippen LogP contribution in [-0.4, -0.2) is 25.8 Å². The third-order valence-corrected chi connectivity index (χ3v) is 3.01. The minimum atomic E-state index is -1.17. The summed E-state index contributed by atoms with van der Waals surface area (Å²) in [7, 11) is 0. The van der Waals surface area contributed by atoms with Crippen LogP contribution in [-0.2, 0) is 0 Å². The predicted octanol–water partition coefficient (Wildman–Crippen LogP) is 2.74. The van der Waals surface area contributed by atoms with Crippen LogP contribution in [0.2, 0.25) is 0 Å². The molecule has 0 aliphatic carbocycles. The fraction of sp³-hybridized carbons (Fsp3) is 0. The number of nitrogens with zero attached hydrogens (tertiary/aromatic N) is 3. The minimum absolute atomic E-state index is 0.0612. The monoisotopic (exact) mass is 299 g/mol. The van der Waals surface area contributed by atoms with E-state index in [4.69, 9.17) is 9.52 Å². The Morgan fingerprint density at radius 1 is 1.27 bits per heavy atom. The summed E-state index contributed by atoms with van der Waals surface area (Å²) in [5, 5.41) is 23.8. The number of carboxylic acid groups (broad SMARTS) is 1. The summed E-state index contributed by atoms with van der Waals surface area (Å²) in [6, 6.07) is 10.3. The Kier molecular flexibility index (Phi) is 3.18. The van der Waals surface area contributed by atoms with Gasteiger partial charge in [0.1, 0.15) is 5.69 Å². The SMILES string of the molecule is O=C(O)c1cc(-c2ccco2)n(-c2ccc([N+](=O)[O-])cc2)n1.